The maximum atomic E-state index is 5.75. The first-order valence-electron chi connectivity index (χ1n) is 4.07. The quantitative estimate of drug-likeness (QED) is 0.693. The van der Waals surface area contributed by atoms with Crippen LogP contribution in [0.1, 0.15) is 23.6 Å². The summed E-state index contributed by atoms with van der Waals surface area (Å²) in [5.74, 6) is 0. The van der Waals surface area contributed by atoms with Crippen LogP contribution < -0.4 is 0 Å². The highest BCUT2D eigenvalue weighted by Gasteiger charge is 2.03. The molecule has 0 atom stereocenters. The Balaban J connectivity index is 3.18. The van der Waals surface area contributed by atoms with Crippen LogP contribution >= 0.6 is 21.7 Å². The second-order valence-corrected chi connectivity index (χ2v) is 4.01. The molecule has 2 heteroatoms. The third-order valence-corrected chi connectivity index (χ3v) is 3.27. The molecular formula is C10H13ClS. The Kier molecular flexibility index (Phi) is 3.48. The molecule has 0 heterocycles. The summed E-state index contributed by atoms with van der Waals surface area (Å²) in [6.45, 7) is 6.38. The van der Waals surface area contributed by atoms with E-state index in [2.05, 4.69) is 32.9 Å². The average molecular weight is 201 g/mol. The molecule has 0 bridgehead atoms. The molecule has 0 aromatic heterocycles. The van der Waals surface area contributed by atoms with Crippen molar-refractivity contribution in [3.8, 4) is 0 Å². The van der Waals surface area contributed by atoms with Gasteiger partial charge in [-0.05, 0) is 58.6 Å². The topological polar surface area (TPSA) is 0 Å². The van der Waals surface area contributed by atoms with Gasteiger partial charge in [0.25, 0.3) is 0 Å². The van der Waals surface area contributed by atoms with Crippen LogP contribution in [-0.2, 0) is 6.42 Å². The van der Waals surface area contributed by atoms with E-state index in [0.29, 0.717) is 0 Å². The Hall–Kier alpha value is -0.140. The summed E-state index contributed by atoms with van der Waals surface area (Å²) < 4.78 is 0. The van der Waals surface area contributed by atoms with Gasteiger partial charge in [0.15, 0.2) is 0 Å². The van der Waals surface area contributed by atoms with Gasteiger partial charge >= 0.3 is 0 Å². The summed E-state index contributed by atoms with van der Waals surface area (Å²) in [6.07, 6.45) is 1.09. The lowest BCUT2D eigenvalue weighted by Crippen LogP contribution is -1.88. The average Bonchev–Trinajstić information content (AvgIpc) is 2.03. The molecule has 1 aromatic rings. The molecule has 0 N–H and O–H groups in total. The predicted octanol–water partition coefficient (Wildman–Crippen LogP) is 4.11. The van der Waals surface area contributed by atoms with E-state index in [1.165, 1.54) is 32.6 Å². The SMILES string of the molecule is CCc1cc(C)c(SCl)c(C)c1. The van der Waals surface area contributed by atoms with Crippen LogP contribution in [0.25, 0.3) is 0 Å². The lowest BCUT2D eigenvalue weighted by atomic mass is 10.1. The van der Waals surface area contributed by atoms with Crippen molar-refractivity contribution in [1.29, 1.82) is 0 Å². The zero-order valence-electron chi connectivity index (χ0n) is 7.65. The molecule has 0 radical (unpaired) electrons. The van der Waals surface area contributed by atoms with Gasteiger partial charge in [-0.15, -0.1) is 0 Å². The minimum Gasteiger partial charge on any atom is -0.0613 e. The van der Waals surface area contributed by atoms with E-state index in [4.69, 9.17) is 10.7 Å². The standard InChI is InChI=1S/C10H13ClS/c1-4-9-5-7(2)10(12-11)8(3)6-9/h5-6H,4H2,1-3H3. The highest BCUT2D eigenvalue weighted by atomic mass is 35.7. The number of aryl methyl sites for hydroxylation is 3. The van der Waals surface area contributed by atoms with Crippen LogP contribution in [-0.4, -0.2) is 0 Å². The van der Waals surface area contributed by atoms with Gasteiger partial charge in [-0.25, -0.2) is 0 Å². The predicted molar refractivity (Wildman–Crippen MR) is 57.0 cm³/mol. The molecule has 0 saturated heterocycles. The van der Waals surface area contributed by atoms with E-state index < -0.39 is 0 Å². The molecule has 0 aliphatic carbocycles. The van der Waals surface area contributed by atoms with Crippen LogP contribution in [0.15, 0.2) is 17.0 Å². The Labute approximate surface area is 82.8 Å². The van der Waals surface area contributed by atoms with E-state index in [0.717, 1.165) is 6.42 Å². The summed E-state index contributed by atoms with van der Waals surface area (Å²) in [5, 5.41) is 0. The van der Waals surface area contributed by atoms with E-state index in [1.807, 2.05) is 0 Å². The first-order chi connectivity index (χ1) is 5.69. The molecule has 0 spiro atoms. The Morgan fingerprint density at radius 1 is 1.25 bits per heavy atom. The van der Waals surface area contributed by atoms with Gasteiger partial charge in [0.05, 0.1) is 0 Å². The van der Waals surface area contributed by atoms with Crippen molar-refractivity contribution in [2.75, 3.05) is 0 Å². The first kappa shape index (κ1) is 9.94. The second kappa shape index (κ2) is 4.20. The summed E-state index contributed by atoms with van der Waals surface area (Å²) in [7, 11) is 7.06. The molecule has 0 aliphatic rings. The highest BCUT2D eigenvalue weighted by Crippen LogP contribution is 2.30. The van der Waals surface area contributed by atoms with Crippen LogP contribution in [0, 0.1) is 13.8 Å². The fourth-order valence-corrected chi connectivity index (χ4v) is 2.46. The van der Waals surface area contributed by atoms with Gasteiger partial charge in [-0.2, -0.15) is 0 Å². The van der Waals surface area contributed by atoms with Gasteiger partial charge in [0, 0.05) is 4.90 Å². The lowest BCUT2D eigenvalue weighted by molar-refractivity contribution is 1.09. The molecule has 1 rings (SSSR count). The molecule has 0 amide bonds. The molecule has 0 saturated carbocycles. The Morgan fingerprint density at radius 2 is 1.75 bits per heavy atom. The normalized spacial score (nSPS) is 10.3. The van der Waals surface area contributed by atoms with Crippen LogP contribution in [0.3, 0.4) is 0 Å². The van der Waals surface area contributed by atoms with E-state index in [-0.39, 0.29) is 0 Å². The molecular weight excluding hydrogens is 188 g/mol. The minimum absolute atomic E-state index is 1.09. The summed E-state index contributed by atoms with van der Waals surface area (Å²) in [5.41, 5.74) is 3.96. The molecule has 0 aliphatic heterocycles. The fourth-order valence-electron chi connectivity index (χ4n) is 1.37. The fraction of sp³-hybridized carbons (Fsp3) is 0.400. The van der Waals surface area contributed by atoms with Gasteiger partial charge in [-0.3, -0.25) is 0 Å². The lowest BCUT2D eigenvalue weighted by Gasteiger charge is -2.07. The Morgan fingerprint density at radius 3 is 2.08 bits per heavy atom. The van der Waals surface area contributed by atoms with Crippen LogP contribution in [0.4, 0.5) is 0 Å². The number of benzene rings is 1. The van der Waals surface area contributed by atoms with Crippen molar-refractivity contribution in [3.05, 3.63) is 28.8 Å². The second-order valence-electron chi connectivity index (χ2n) is 2.99. The molecule has 0 nitrogen and oxygen atoms in total. The van der Waals surface area contributed by atoms with Crippen molar-refractivity contribution in [1.82, 2.24) is 0 Å². The molecule has 12 heavy (non-hydrogen) atoms. The zero-order valence-corrected chi connectivity index (χ0v) is 9.22. The monoisotopic (exact) mass is 200 g/mol. The summed E-state index contributed by atoms with van der Waals surface area (Å²) >= 11 is 0. The van der Waals surface area contributed by atoms with Crippen molar-refractivity contribution < 1.29 is 0 Å². The minimum atomic E-state index is 1.09. The van der Waals surface area contributed by atoms with Gasteiger partial charge in [0.1, 0.15) is 0 Å². The largest absolute Gasteiger partial charge is 0.0613 e. The first-order valence-corrected chi connectivity index (χ1v) is 5.72. The third kappa shape index (κ3) is 1.96. The maximum absolute atomic E-state index is 5.75. The molecule has 1 aromatic carbocycles. The van der Waals surface area contributed by atoms with Crippen molar-refractivity contribution in [2.45, 2.75) is 32.1 Å². The van der Waals surface area contributed by atoms with Crippen molar-refractivity contribution in [3.63, 3.8) is 0 Å². The molecule has 66 valence electrons. The van der Waals surface area contributed by atoms with Gasteiger partial charge < -0.3 is 0 Å². The summed E-state index contributed by atoms with van der Waals surface area (Å²) in [4.78, 5) is 1.20. The molecule has 0 fully saturated rings. The number of halogens is 1. The number of hydrogen-bond acceptors (Lipinski definition) is 1. The number of rotatable bonds is 2. The van der Waals surface area contributed by atoms with E-state index in [1.54, 1.807) is 0 Å². The Bertz CT molecular complexity index is 258. The van der Waals surface area contributed by atoms with Crippen LogP contribution in [0.5, 0.6) is 0 Å². The van der Waals surface area contributed by atoms with E-state index >= 15 is 0 Å². The smallest absolute Gasteiger partial charge is 0.0292 e. The summed E-state index contributed by atoms with van der Waals surface area (Å²) in [6, 6.07) is 4.41. The van der Waals surface area contributed by atoms with Gasteiger partial charge in [-0.1, -0.05) is 19.1 Å². The molecule has 0 unspecified atom stereocenters. The zero-order chi connectivity index (χ0) is 9.14. The number of hydrogen-bond donors (Lipinski definition) is 0. The van der Waals surface area contributed by atoms with Crippen molar-refractivity contribution in [2.24, 2.45) is 0 Å². The van der Waals surface area contributed by atoms with Crippen LogP contribution in [0.2, 0.25) is 0 Å². The third-order valence-electron chi connectivity index (χ3n) is 2.01. The van der Waals surface area contributed by atoms with E-state index in [9.17, 15) is 0 Å². The van der Waals surface area contributed by atoms with Gasteiger partial charge in [0.2, 0.25) is 0 Å². The highest BCUT2D eigenvalue weighted by molar-refractivity contribution is 8.21. The van der Waals surface area contributed by atoms with Crippen molar-refractivity contribution >= 4 is 21.7 Å². The maximum Gasteiger partial charge on any atom is 0.0292 e.